The molecule has 1 fully saturated rings. The van der Waals surface area contributed by atoms with Crippen molar-refractivity contribution < 1.29 is 4.79 Å². The van der Waals surface area contributed by atoms with E-state index in [2.05, 4.69) is 12.1 Å². The molecule has 4 heteroatoms. The van der Waals surface area contributed by atoms with E-state index in [0.717, 1.165) is 5.69 Å². The number of likely N-dealkylation sites (N-methyl/N-ethyl adjacent to an activating group) is 1. The molecule has 2 atom stereocenters. The van der Waals surface area contributed by atoms with Gasteiger partial charge in [-0.05, 0) is 17.7 Å². The van der Waals surface area contributed by atoms with Gasteiger partial charge in [0.25, 0.3) is 0 Å². The normalized spacial score (nSPS) is 20.5. The van der Waals surface area contributed by atoms with Gasteiger partial charge in [0.2, 0.25) is 5.91 Å². The van der Waals surface area contributed by atoms with E-state index in [1.165, 1.54) is 5.56 Å². The molecule has 0 unspecified atom stereocenters. The van der Waals surface area contributed by atoms with Crippen LogP contribution in [-0.2, 0) is 4.79 Å². The molecule has 0 radical (unpaired) electrons. The number of carbonyl (C=O) groups is 1. The second kappa shape index (κ2) is 6.84. The van der Waals surface area contributed by atoms with Gasteiger partial charge < -0.3 is 15.5 Å². The molecule has 23 heavy (non-hydrogen) atoms. The lowest BCUT2D eigenvalue weighted by Gasteiger charge is -2.23. The van der Waals surface area contributed by atoms with Crippen LogP contribution in [0.1, 0.15) is 11.5 Å². The highest BCUT2D eigenvalue weighted by molar-refractivity contribution is 5.81. The van der Waals surface area contributed by atoms with Gasteiger partial charge in [-0.3, -0.25) is 4.79 Å². The largest absolute Gasteiger partial charge is 0.365 e. The van der Waals surface area contributed by atoms with Crippen molar-refractivity contribution in [2.24, 2.45) is 5.73 Å². The van der Waals surface area contributed by atoms with Gasteiger partial charge in [0.15, 0.2) is 0 Å². The van der Waals surface area contributed by atoms with Crippen molar-refractivity contribution in [3.8, 4) is 0 Å². The lowest BCUT2D eigenvalue weighted by atomic mass is 9.95. The zero-order chi connectivity index (χ0) is 16.2. The Kier molecular flexibility index (Phi) is 4.63. The number of nitrogens with two attached hydrogens (primary N) is 1. The number of amides is 1. The summed E-state index contributed by atoms with van der Waals surface area (Å²) in [6, 6.07) is 20.2. The second-order valence-electron chi connectivity index (χ2n) is 6.17. The number of carbonyl (C=O) groups excluding carboxylic acids is 1. The number of hydrogen-bond acceptors (Lipinski definition) is 3. The first-order valence-corrected chi connectivity index (χ1v) is 7.99. The van der Waals surface area contributed by atoms with Crippen molar-refractivity contribution >= 4 is 11.6 Å². The standard InChI is InChI=1S/C19H23N3O/c1-21(16-10-6-3-7-11-16)14-19(23)22-12-17(18(20)13-22)15-8-4-2-5-9-15/h2-11,17-18H,12-14,20H2,1H3/t17-,18+/m0/s1. The number of rotatable bonds is 4. The molecule has 1 heterocycles. The van der Waals surface area contributed by atoms with Crippen LogP contribution in [0.4, 0.5) is 5.69 Å². The van der Waals surface area contributed by atoms with E-state index in [0.29, 0.717) is 19.6 Å². The van der Waals surface area contributed by atoms with E-state index < -0.39 is 0 Å². The zero-order valence-electron chi connectivity index (χ0n) is 13.4. The summed E-state index contributed by atoms with van der Waals surface area (Å²) < 4.78 is 0. The predicted octanol–water partition coefficient (Wildman–Crippen LogP) is 2.08. The lowest BCUT2D eigenvalue weighted by Crippen LogP contribution is -2.39. The van der Waals surface area contributed by atoms with Crippen LogP contribution >= 0.6 is 0 Å². The summed E-state index contributed by atoms with van der Waals surface area (Å²) in [6.07, 6.45) is 0. The van der Waals surface area contributed by atoms with Gasteiger partial charge in [-0.1, -0.05) is 48.5 Å². The number of hydrogen-bond donors (Lipinski definition) is 1. The molecule has 1 aliphatic heterocycles. The van der Waals surface area contributed by atoms with Crippen molar-refractivity contribution in [1.82, 2.24) is 4.90 Å². The Morgan fingerprint density at radius 3 is 2.35 bits per heavy atom. The summed E-state index contributed by atoms with van der Waals surface area (Å²) >= 11 is 0. The molecule has 120 valence electrons. The SMILES string of the molecule is CN(CC(=O)N1C[C@@H](N)[C@H](c2ccccc2)C1)c1ccccc1. The Balaban J connectivity index is 1.63. The van der Waals surface area contributed by atoms with Crippen molar-refractivity contribution in [2.45, 2.75) is 12.0 Å². The molecule has 0 aromatic heterocycles. The van der Waals surface area contributed by atoms with Crippen LogP contribution in [-0.4, -0.2) is 43.5 Å². The van der Waals surface area contributed by atoms with Crippen LogP contribution in [0.25, 0.3) is 0 Å². The maximum absolute atomic E-state index is 12.6. The average Bonchev–Trinajstić information content (AvgIpc) is 2.98. The van der Waals surface area contributed by atoms with Gasteiger partial charge in [-0.25, -0.2) is 0 Å². The molecule has 2 aromatic rings. The fraction of sp³-hybridized carbons (Fsp3) is 0.316. The van der Waals surface area contributed by atoms with Gasteiger partial charge in [0.05, 0.1) is 6.54 Å². The highest BCUT2D eigenvalue weighted by Crippen LogP contribution is 2.26. The summed E-state index contributed by atoms with van der Waals surface area (Å²) in [6.45, 7) is 1.70. The predicted molar refractivity (Wildman–Crippen MR) is 93.5 cm³/mol. The number of likely N-dealkylation sites (tertiary alicyclic amines) is 1. The third-order valence-electron chi connectivity index (χ3n) is 4.51. The molecule has 0 aliphatic carbocycles. The molecule has 1 saturated heterocycles. The zero-order valence-corrected chi connectivity index (χ0v) is 13.4. The Morgan fingerprint density at radius 2 is 1.70 bits per heavy atom. The molecule has 0 bridgehead atoms. The van der Waals surface area contributed by atoms with E-state index in [4.69, 9.17) is 5.73 Å². The number of anilines is 1. The fourth-order valence-electron chi connectivity index (χ4n) is 3.16. The molecule has 3 rings (SSSR count). The first-order chi connectivity index (χ1) is 11.1. The van der Waals surface area contributed by atoms with Crippen LogP contribution in [0.3, 0.4) is 0 Å². The molecule has 2 aromatic carbocycles. The van der Waals surface area contributed by atoms with Crippen molar-refractivity contribution in [3.05, 3.63) is 66.2 Å². The van der Waals surface area contributed by atoms with Crippen LogP contribution in [0.2, 0.25) is 0 Å². The molecular formula is C19H23N3O. The maximum Gasteiger partial charge on any atom is 0.242 e. The minimum atomic E-state index is 0.00313. The van der Waals surface area contributed by atoms with Crippen molar-refractivity contribution in [2.75, 3.05) is 31.6 Å². The van der Waals surface area contributed by atoms with E-state index in [-0.39, 0.29) is 17.9 Å². The van der Waals surface area contributed by atoms with Crippen LogP contribution in [0.5, 0.6) is 0 Å². The first-order valence-electron chi connectivity index (χ1n) is 7.99. The van der Waals surface area contributed by atoms with Gasteiger partial charge in [0.1, 0.15) is 0 Å². The minimum Gasteiger partial charge on any atom is -0.365 e. The average molecular weight is 309 g/mol. The third-order valence-corrected chi connectivity index (χ3v) is 4.51. The van der Waals surface area contributed by atoms with Gasteiger partial charge >= 0.3 is 0 Å². The molecule has 1 aliphatic rings. The van der Waals surface area contributed by atoms with Gasteiger partial charge in [-0.2, -0.15) is 0 Å². The third kappa shape index (κ3) is 3.54. The molecule has 0 spiro atoms. The molecule has 1 amide bonds. The Bertz CT molecular complexity index is 644. The van der Waals surface area contributed by atoms with Crippen LogP contribution in [0.15, 0.2) is 60.7 Å². The van der Waals surface area contributed by atoms with Crippen LogP contribution < -0.4 is 10.6 Å². The maximum atomic E-state index is 12.6. The number of para-hydroxylation sites is 1. The summed E-state index contributed by atoms with van der Waals surface area (Å²) in [5.74, 6) is 0.354. The lowest BCUT2D eigenvalue weighted by molar-refractivity contribution is -0.128. The molecule has 4 nitrogen and oxygen atoms in total. The highest BCUT2D eigenvalue weighted by atomic mass is 16.2. The first kappa shape index (κ1) is 15.6. The smallest absolute Gasteiger partial charge is 0.242 e. The van der Waals surface area contributed by atoms with E-state index in [1.807, 2.05) is 65.4 Å². The Hall–Kier alpha value is -2.33. The van der Waals surface area contributed by atoms with Crippen LogP contribution in [0, 0.1) is 0 Å². The van der Waals surface area contributed by atoms with Crippen molar-refractivity contribution in [1.29, 1.82) is 0 Å². The number of nitrogens with zero attached hydrogens (tertiary/aromatic N) is 2. The molecule has 0 saturated carbocycles. The van der Waals surface area contributed by atoms with E-state index in [9.17, 15) is 4.79 Å². The summed E-state index contributed by atoms with van der Waals surface area (Å²) in [4.78, 5) is 16.4. The topological polar surface area (TPSA) is 49.6 Å². The molecular weight excluding hydrogens is 286 g/mol. The highest BCUT2D eigenvalue weighted by Gasteiger charge is 2.33. The second-order valence-corrected chi connectivity index (χ2v) is 6.17. The summed E-state index contributed by atoms with van der Waals surface area (Å²) in [7, 11) is 1.94. The quantitative estimate of drug-likeness (QED) is 0.941. The van der Waals surface area contributed by atoms with Crippen molar-refractivity contribution in [3.63, 3.8) is 0 Å². The molecule has 2 N–H and O–H groups in total. The van der Waals surface area contributed by atoms with E-state index in [1.54, 1.807) is 0 Å². The Morgan fingerprint density at radius 1 is 1.09 bits per heavy atom. The summed E-state index contributed by atoms with van der Waals surface area (Å²) in [5.41, 5.74) is 8.53. The van der Waals surface area contributed by atoms with E-state index >= 15 is 0 Å². The summed E-state index contributed by atoms with van der Waals surface area (Å²) in [5, 5.41) is 0. The fourth-order valence-corrected chi connectivity index (χ4v) is 3.16. The van der Waals surface area contributed by atoms with Gasteiger partial charge in [0, 0.05) is 37.8 Å². The monoisotopic (exact) mass is 309 g/mol. The Labute approximate surface area is 137 Å². The minimum absolute atomic E-state index is 0.00313. The number of benzene rings is 2. The van der Waals surface area contributed by atoms with Gasteiger partial charge in [-0.15, -0.1) is 0 Å².